The van der Waals surface area contributed by atoms with Gasteiger partial charge in [-0.05, 0) is 17.5 Å². The molecule has 2 atom stereocenters. The van der Waals surface area contributed by atoms with Gasteiger partial charge in [0.2, 0.25) is 11.8 Å². The zero-order valence-corrected chi connectivity index (χ0v) is 15.7. The summed E-state index contributed by atoms with van der Waals surface area (Å²) in [4.78, 5) is 24.6. The van der Waals surface area contributed by atoms with Crippen molar-refractivity contribution in [2.45, 2.75) is 32.6 Å². The van der Waals surface area contributed by atoms with E-state index in [4.69, 9.17) is 5.73 Å². The molecule has 4 heteroatoms. The Morgan fingerprint density at radius 1 is 1.00 bits per heavy atom. The summed E-state index contributed by atoms with van der Waals surface area (Å²) in [6, 6.07) is 19.8. The Bertz CT molecular complexity index is 726. The highest BCUT2D eigenvalue weighted by atomic mass is 16.2. The second-order valence-corrected chi connectivity index (χ2v) is 7.45. The van der Waals surface area contributed by atoms with Gasteiger partial charge in [0.05, 0.1) is 5.92 Å². The van der Waals surface area contributed by atoms with Crippen LogP contribution in [0.4, 0.5) is 0 Å². The van der Waals surface area contributed by atoms with Crippen molar-refractivity contribution in [3.63, 3.8) is 0 Å². The Labute approximate surface area is 155 Å². The summed E-state index contributed by atoms with van der Waals surface area (Å²) in [5.74, 6) is -1.61. The summed E-state index contributed by atoms with van der Waals surface area (Å²) in [6.45, 7) is 6.39. The van der Waals surface area contributed by atoms with Gasteiger partial charge in [-0.3, -0.25) is 9.59 Å². The van der Waals surface area contributed by atoms with Crippen LogP contribution in [-0.2, 0) is 21.4 Å². The van der Waals surface area contributed by atoms with E-state index in [1.54, 1.807) is 6.92 Å². The highest BCUT2D eigenvalue weighted by Gasteiger charge is 2.30. The van der Waals surface area contributed by atoms with Crippen molar-refractivity contribution in [2.24, 2.45) is 17.6 Å². The van der Waals surface area contributed by atoms with E-state index < -0.39 is 17.7 Å². The van der Waals surface area contributed by atoms with Crippen LogP contribution in [0, 0.1) is 11.8 Å². The molecule has 2 unspecified atom stereocenters. The van der Waals surface area contributed by atoms with E-state index in [-0.39, 0.29) is 11.3 Å². The van der Waals surface area contributed by atoms with E-state index in [1.807, 2.05) is 48.5 Å². The molecule has 2 aromatic rings. The van der Waals surface area contributed by atoms with Crippen LogP contribution in [0.15, 0.2) is 60.7 Å². The van der Waals surface area contributed by atoms with E-state index in [1.165, 1.54) is 0 Å². The van der Waals surface area contributed by atoms with E-state index >= 15 is 0 Å². The van der Waals surface area contributed by atoms with Gasteiger partial charge in [-0.25, -0.2) is 0 Å². The van der Waals surface area contributed by atoms with Crippen molar-refractivity contribution in [2.75, 3.05) is 6.54 Å². The van der Waals surface area contributed by atoms with Crippen LogP contribution in [0.5, 0.6) is 0 Å². The molecule has 138 valence electrons. The van der Waals surface area contributed by atoms with Gasteiger partial charge in [0.25, 0.3) is 0 Å². The molecule has 0 fully saturated rings. The molecular formula is C22H28N2O2. The molecule has 0 heterocycles. The fourth-order valence-electron chi connectivity index (χ4n) is 2.99. The molecule has 0 spiro atoms. The molecule has 0 aromatic heterocycles. The minimum absolute atomic E-state index is 0.135. The third-order valence-electron chi connectivity index (χ3n) is 4.95. The smallest absolute Gasteiger partial charge is 0.224 e. The minimum atomic E-state index is -0.532. The van der Waals surface area contributed by atoms with E-state index in [0.717, 1.165) is 11.1 Å². The molecule has 2 amide bonds. The van der Waals surface area contributed by atoms with Gasteiger partial charge in [-0.1, -0.05) is 81.4 Å². The highest BCUT2D eigenvalue weighted by Crippen LogP contribution is 2.23. The first-order valence-electron chi connectivity index (χ1n) is 8.98. The Morgan fingerprint density at radius 3 is 2.08 bits per heavy atom. The van der Waals surface area contributed by atoms with Crippen molar-refractivity contribution >= 4 is 11.8 Å². The molecule has 4 nitrogen and oxygen atoms in total. The summed E-state index contributed by atoms with van der Waals surface area (Å²) in [5.41, 5.74) is 7.45. The standard InChI is InChI=1S/C22H28N2O2/c1-16(20(23)25)19(14-17-10-6-4-7-11-17)21(26)24-15-22(2,3)18-12-8-5-9-13-18/h4-13,16,19H,14-15H2,1-3H3,(H2,23,25)(H,24,26). The number of nitrogens with two attached hydrogens (primary N) is 1. The molecule has 3 N–H and O–H groups in total. The maximum atomic E-state index is 12.9. The van der Waals surface area contributed by atoms with E-state index in [0.29, 0.717) is 13.0 Å². The SMILES string of the molecule is CC(C(N)=O)C(Cc1ccccc1)C(=O)NCC(C)(C)c1ccccc1. The average molecular weight is 352 g/mol. The molecule has 0 radical (unpaired) electrons. The van der Waals surface area contributed by atoms with Crippen molar-refractivity contribution in [1.29, 1.82) is 0 Å². The first-order chi connectivity index (χ1) is 12.3. The van der Waals surface area contributed by atoms with Crippen LogP contribution in [-0.4, -0.2) is 18.4 Å². The van der Waals surface area contributed by atoms with Crippen molar-refractivity contribution < 1.29 is 9.59 Å². The molecule has 0 aliphatic rings. The normalized spacial score (nSPS) is 13.7. The number of benzene rings is 2. The molecule has 2 rings (SSSR count). The summed E-state index contributed by atoms with van der Waals surface area (Å²) >= 11 is 0. The first-order valence-corrected chi connectivity index (χ1v) is 8.98. The van der Waals surface area contributed by atoms with Gasteiger partial charge in [0.1, 0.15) is 0 Å². The molecule has 26 heavy (non-hydrogen) atoms. The monoisotopic (exact) mass is 352 g/mol. The third kappa shape index (κ3) is 5.19. The Hall–Kier alpha value is -2.62. The summed E-state index contributed by atoms with van der Waals surface area (Å²) < 4.78 is 0. The second kappa shape index (κ2) is 8.65. The number of hydrogen-bond acceptors (Lipinski definition) is 2. The number of amides is 2. The predicted molar refractivity (Wildman–Crippen MR) is 104 cm³/mol. The van der Waals surface area contributed by atoms with Gasteiger partial charge >= 0.3 is 0 Å². The molecule has 2 aromatic carbocycles. The second-order valence-electron chi connectivity index (χ2n) is 7.45. The number of carbonyl (C=O) groups excluding carboxylic acids is 2. The lowest BCUT2D eigenvalue weighted by Gasteiger charge is -2.28. The summed E-state index contributed by atoms with van der Waals surface area (Å²) in [7, 11) is 0. The van der Waals surface area contributed by atoms with E-state index in [2.05, 4.69) is 31.3 Å². The van der Waals surface area contributed by atoms with Crippen LogP contribution in [0.25, 0.3) is 0 Å². The highest BCUT2D eigenvalue weighted by molar-refractivity contribution is 5.87. The summed E-state index contributed by atoms with van der Waals surface area (Å²) in [5, 5.41) is 3.03. The molecule has 0 aliphatic heterocycles. The lowest BCUT2D eigenvalue weighted by atomic mass is 9.83. The van der Waals surface area contributed by atoms with Crippen molar-refractivity contribution in [3.05, 3.63) is 71.8 Å². The fraction of sp³-hybridized carbons (Fsp3) is 0.364. The molecule has 0 saturated heterocycles. The van der Waals surface area contributed by atoms with Gasteiger partial charge in [0, 0.05) is 17.9 Å². The van der Waals surface area contributed by atoms with E-state index in [9.17, 15) is 9.59 Å². The van der Waals surface area contributed by atoms with Crippen LogP contribution < -0.4 is 11.1 Å². The predicted octanol–water partition coefficient (Wildman–Crippen LogP) is 3.06. The van der Waals surface area contributed by atoms with Crippen molar-refractivity contribution in [3.8, 4) is 0 Å². The zero-order chi connectivity index (χ0) is 19.2. The number of rotatable bonds is 8. The van der Waals surface area contributed by atoms with Gasteiger partial charge in [0.15, 0.2) is 0 Å². The van der Waals surface area contributed by atoms with Crippen LogP contribution in [0.3, 0.4) is 0 Å². The number of nitrogens with one attached hydrogen (secondary N) is 1. The third-order valence-corrected chi connectivity index (χ3v) is 4.95. The van der Waals surface area contributed by atoms with Gasteiger partial charge < -0.3 is 11.1 Å². The zero-order valence-electron chi connectivity index (χ0n) is 15.7. The lowest BCUT2D eigenvalue weighted by Crippen LogP contribution is -2.44. The van der Waals surface area contributed by atoms with Crippen LogP contribution >= 0.6 is 0 Å². The van der Waals surface area contributed by atoms with Crippen molar-refractivity contribution in [1.82, 2.24) is 5.32 Å². The van der Waals surface area contributed by atoms with Gasteiger partial charge in [-0.2, -0.15) is 0 Å². The van der Waals surface area contributed by atoms with Crippen LogP contribution in [0.1, 0.15) is 31.9 Å². The van der Waals surface area contributed by atoms with Crippen LogP contribution in [0.2, 0.25) is 0 Å². The first kappa shape index (κ1) is 19.7. The average Bonchev–Trinajstić information content (AvgIpc) is 2.65. The van der Waals surface area contributed by atoms with Gasteiger partial charge in [-0.15, -0.1) is 0 Å². The topological polar surface area (TPSA) is 72.2 Å². The lowest BCUT2D eigenvalue weighted by molar-refractivity contribution is -0.132. The molecule has 0 aliphatic carbocycles. The maximum absolute atomic E-state index is 12.9. The Balaban J connectivity index is 2.09. The quantitative estimate of drug-likeness (QED) is 0.766. The Kier molecular flexibility index (Phi) is 6.56. The molecular weight excluding hydrogens is 324 g/mol. The molecule has 0 saturated carbocycles. The summed E-state index contributed by atoms with van der Waals surface area (Å²) in [6.07, 6.45) is 0.489. The largest absolute Gasteiger partial charge is 0.369 e. The fourth-order valence-corrected chi connectivity index (χ4v) is 2.99. The maximum Gasteiger partial charge on any atom is 0.224 e. The number of primary amides is 1. The molecule has 0 bridgehead atoms. The number of hydrogen-bond donors (Lipinski definition) is 2. The number of carbonyl (C=O) groups is 2. The minimum Gasteiger partial charge on any atom is -0.369 e. The Morgan fingerprint density at radius 2 is 1.54 bits per heavy atom.